The van der Waals surface area contributed by atoms with Gasteiger partial charge in [0.05, 0.1) is 13.7 Å². The highest BCUT2D eigenvalue weighted by Crippen LogP contribution is 2.22. The highest BCUT2D eigenvalue weighted by atomic mass is 16.5. The molecule has 0 saturated carbocycles. The monoisotopic (exact) mass is 342 g/mol. The summed E-state index contributed by atoms with van der Waals surface area (Å²) in [6.07, 6.45) is 5.88. The lowest BCUT2D eigenvalue weighted by molar-refractivity contribution is 0.0523. The van der Waals surface area contributed by atoms with Crippen LogP contribution in [0.2, 0.25) is 0 Å². The molecule has 2 aromatic rings. The lowest BCUT2D eigenvalue weighted by Crippen LogP contribution is -2.44. The predicted molar refractivity (Wildman–Crippen MR) is 86.1 cm³/mol. The quantitative estimate of drug-likeness (QED) is 0.808. The molecule has 1 saturated heterocycles. The zero-order chi connectivity index (χ0) is 17.8. The smallest absolute Gasteiger partial charge is 0.261 e. The molecule has 1 aliphatic rings. The topological polar surface area (TPSA) is 106 Å². The van der Waals surface area contributed by atoms with Crippen LogP contribution in [0.25, 0.3) is 0 Å². The maximum absolute atomic E-state index is 12.8. The van der Waals surface area contributed by atoms with Crippen LogP contribution >= 0.6 is 0 Å². The Morgan fingerprint density at radius 3 is 2.92 bits per heavy atom. The molecule has 0 unspecified atom stereocenters. The fourth-order valence-corrected chi connectivity index (χ4v) is 2.80. The van der Waals surface area contributed by atoms with Crippen LogP contribution in [0.4, 0.5) is 0 Å². The summed E-state index contributed by atoms with van der Waals surface area (Å²) >= 11 is 0. The Labute approximate surface area is 144 Å². The highest BCUT2D eigenvalue weighted by Gasteiger charge is 2.29. The molecule has 1 amide bonds. The molecule has 1 atom stereocenters. The van der Waals surface area contributed by atoms with Crippen molar-refractivity contribution < 1.29 is 14.3 Å². The second-order valence-corrected chi connectivity index (χ2v) is 5.68. The number of nitriles is 1. The van der Waals surface area contributed by atoms with E-state index >= 15 is 0 Å². The molecule has 2 aromatic heterocycles. The van der Waals surface area contributed by atoms with Crippen LogP contribution in [0.5, 0.6) is 11.8 Å². The van der Waals surface area contributed by atoms with E-state index in [1.165, 1.54) is 19.5 Å². The summed E-state index contributed by atoms with van der Waals surface area (Å²) < 4.78 is 12.5. The molecular weight excluding hydrogens is 324 g/mol. The molecule has 25 heavy (non-hydrogen) atoms. The lowest BCUT2D eigenvalue weighted by Gasteiger charge is -2.32. The van der Waals surface area contributed by atoms with E-state index in [9.17, 15) is 4.79 Å². The summed E-state index contributed by atoms with van der Waals surface area (Å²) in [6, 6.07) is 1.96. The van der Waals surface area contributed by atoms with Crippen molar-refractivity contribution in [3.63, 3.8) is 0 Å². The minimum atomic E-state index is -0.246. The SMILES string of the molecule is COc1nn(C)cc1C(=O)N1CCC[C@H](Oc2nccnc2C#N)C1. The number of nitrogens with zero attached hydrogens (tertiary/aromatic N) is 6. The minimum absolute atomic E-state index is 0.139. The summed E-state index contributed by atoms with van der Waals surface area (Å²) in [5.41, 5.74) is 0.558. The summed E-state index contributed by atoms with van der Waals surface area (Å²) in [4.78, 5) is 22.5. The van der Waals surface area contributed by atoms with Gasteiger partial charge >= 0.3 is 0 Å². The Bertz CT molecular complexity index is 812. The zero-order valence-electron chi connectivity index (χ0n) is 14.0. The fourth-order valence-electron chi connectivity index (χ4n) is 2.80. The van der Waals surface area contributed by atoms with E-state index in [-0.39, 0.29) is 23.6 Å². The van der Waals surface area contributed by atoms with Crippen molar-refractivity contribution in [2.75, 3.05) is 20.2 Å². The third-order valence-electron chi connectivity index (χ3n) is 3.93. The molecule has 9 nitrogen and oxygen atoms in total. The first-order valence-corrected chi connectivity index (χ1v) is 7.87. The van der Waals surface area contributed by atoms with Crippen molar-refractivity contribution in [1.29, 1.82) is 5.26 Å². The number of likely N-dealkylation sites (tertiary alicyclic amines) is 1. The Kier molecular flexibility index (Phi) is 4.79. The Morgan fingerprint density at radius 1 is 1.36 bits per heavy atom. The molecule has 3 rings (SSSR count). The van der Waals surface area contributed by atoms with E-state index in [1.54, 1.807) is 22.8 Å². The minimum Gasteiger partial charge on any atom is -0.479 e. The van der Waals surface area contributed by atoms with E-state index < -0.39 is 0 Å². The Hall–Kier alpha value is -3.15. The van der Waals surface area contributed by atoms with Crippen LogP contribution in [-0.2, 0) is 7.05 Å². The summed E-state index contributed by atoms with van der Waals surface area (Å²) in [6.45, 7) is 1.03. The van der Waals surface area contributed by atoms with Crippen LogP contribution < -0.4 is 9.47 Å². The van der Waals surface area contributed by atoms with Gasteiger partial charge in [0, 0.05) is 32.2 Å². The third-order valence-corrected chi connectivity index (χ3v) is 3.93. The number of piperidine rings is 1. The maximum Gasteiger partial charge on any atom is 0.261 e. The van der Waals surface area contributed by atoms with E-state index in [0.717, 1.165) is 12.8 Å². The molecule has 1 aliphatic heterocycles. The van der Waals surface area contributed by atoms with Gasteiger partial charge in [-0.25, -0.2) is 9.97 Å². The molecule has 3 heterocycles. The summed E-state index contributed by atoms with van der Waals surface area (Å²) in [7, 11) is 3.22. The van der Waals surface area contributed by atoms with Gasteiger partial charge in [-0.3, -0.25) is 9.48 Å². The highest BCUT2D eigenvalue weighted by molar-refractivity contribution is 5.96. The van der Waals surface area contributed by atoms with Crippen LogP contribution in [0.3, 0.4) is 0 Å². The molecule has 9 heteroatoms. The van der Waals surface area contributed by atoms with Crippen LogP contribution in [0.15, 0.2) is 18.6 Å². The molecule has 0 bridgehead atoms. The van der Waals surface area contributed by atoms with Crippen molar-refractivity contribution in [3.8, 4) is 17.8 Å². The lowest BCUT2D eigenvalue weighted by atomic mass is 10.1. The summed E-state index contributed by atoms with van der Waals surface area (Å²) in [5, 5.41) is 13.2. The largest absolute Gasteiger partial charge is 0.479 e. The van der Waals surface area contributed by atoms with Gasteiger partial charge in [-0.15, -0.1) is 5.10 Å². The maximum atomic E-state index is 12.8. The van der Waals surface area contributed by atoms with Crippen molar-refractivity contribution >= 4 is 5.91 Å². The zero-order valence-corrected chi connectivity index (χ0v) is 14.0. The number of rotatable bonds is 4. The first-order chi connectivity index (χ1) is 12.1. The third kappa shape index (κ3) is 3.52. The standard InChI is InChI=1S/C16H18N6O3/c1-21-10-12(14(20-21)24-2)16(23)22-7-3-4-11(9-22)25-15-13(8-17)18-5-6-19-15/h5-6,10-11H,3-4,7,9H2,1-2H3/t11-/m0/s1. The predicted octanol–water partition coefficient (Wildman–Crippen LogP) is 0.774. The van der Waals surface area contributed by atoms with Crippen LogP contribution in [-0.4, -0.2) is 56.9 Å². The molecule has 0 N–H and O–H groups in total. The first-order valence-electron chi connectivity index (χ1n) is 7.87. The van der Waals surface area contributed by atoms with Gasteiger partial charge in [-0.1, -0.05) is 0 Å². The normalized spacial score (nSPS) is 17.0. The number of aryl methyl sites for hydroxylation is 1. The van der Waals surface area contributed by atoms with E-state index in [2.05, 4.69) is 15.1 Å². The molecule has 130 valence electrons. The Balaban J connectivity index is 1.73. The second kappa shape index (κ2) is 7.17. The average molecular weight is 342 g/mol. The summed E-state index contributed by atoms with van der Waals surface area (Å²) in [5.74, 6) is 0.345. The first kappa shape index (κ1) is 16.7. The molecule has 0 aliphatic carbocycles. The number of carbonyl (C=O) groups is 1. The van der Waals surface area contributed by atoms with Crippen molar-refractivity contribution in [3.05, 3.63) is 29.8 Å². The van der Waals surface area contributed by atoms with E-state index in [1.807, 2.05) is 6.07 Å². The van der Waals surface area contributed by atoms with Crippen LogP contribution in [0, 0.1) is 11.3 Å². The van der Waals surface area contributed by atoms with Gasteiger partial charge in [-0.2, -0.15) is 5.26 Å². The number of amides is 1. The molecule has 0 radical (unpaired) electrons. The van der Waals surface area contributed by atoms with Crippen molar-refractivity contribution in [1.82, 2.24) is 24.6 Å². The van der Waals surface area contributed by atoms with Gasteiger partial charge in [0.25, 0.3) is 11.8 Å². The molecule has 1 fully saturated rings. The van der Waals surface area contributed by atoms with Gasteiger partial charge in [0.15, 0.2) is 0 Å². The van der Waals surface area contributed by atoms with Crippen molar-refractivity contribution in [2.24, 2.45) is 7.05 Å². The number of hydrogen-bond acceptors (Lipinski definition) is 7. The van der Waals surface area contributed by atoms with Crippen LogP contribution in [0.1, 0.15) is 28.9 Å². The van der Waals surface area contributed by atoms with Gasteiger partial charge < -0.3 is 14.4 Å². The molecular formula is C16H18N6O3. The number of ether oxygens (including phenoxy) is 2. The molecule has 0 spiro atoms. The van der Waals surface area contributed by atoms with Gasteiger partial charge in [0.1, 0.15) is 17.7 Å². The second-order valence-electron chi connectivity index (χ2n) is 5.68. The number of hydrogen-bond donors (Lipinski definition) is 0. The van der Waals surface area contributed by atoms with E-state index in [4.69, 9.17) is 14.7 Å². The van der Waals surface area contributed by atoms with Gasteiger partial charge in [0.2, 0.25) is 11.6 Å². The van der Waals surface area contributed by atoms with E-state index in [0.29, 0.717) is 24.5 Å². The Morgan fingerprint density at radius 2 is 2.16 bits per heavy atom. The average Bonchev–Trinajstić information content (AvgIpc) is 3.02. The number of aromatic nitrogens is 4. The fraction of sp³-hybridized carbons (Fsp3) is 0.438. The number of methoxy groups -OCH3 is 1. The van der Waals surface area contributed by atoms with Gasteiger partial charge in [-0.05, 0) is 12.8 Å². The molecule has 0 aromatic carbocycles. The van der Waals surface area contributed by atoms with Crippen molar-refractivity contribution in [2.45, 2.75) is 18.9 Å². The number of carbonyl (C=O) groups excluding carboxylic acids is 1.